The van der Waals surface area contributed by atoms with Crippen molar-refractivity contribution in [3.8, 4) is 0 Å². The number of carbonyl (C=O) groups is 2. The average molecular weight is 1100 g/mol. The molecule has 0 bridgehead atoms. The first-order valence-corrected chi connectivity index (χ1v) is 16.2. The number of rotatable bonds is 25. The van der Waals surface area contributed by atoms with E-state index in [1.54, 1.807) is 0 Å². The summed E-state index contributed by atoms with van der Waals surface area (Å²) < 4.78 is 466. The number of halogens is 34. The third-order valence-corrected chi connectivity index (χ3v) is 8.70. The third kappa shape index (κ3) is 10.3. The molecule has 0 saturated carbocycles. The van der Waals surface area contributed by atoms with Gasteiger partial charge in [-0.25, -0.2) is 5.26 Å². The second-order valence-corrected chi connectivity index (χ2v) is 13.2. The Kier molecular flexibility index (Phi) is 17.9. The average Bonchev–Trinajstić information content (AvgIpc) is 3.12. The molecule has 0 aliphatic rings. The summed E-state index contributed by atoms with van der Waals surface area (Å²) in [6.45, 7) is -5.43. The highest BCUT2D eigenvalue weighted by atomic mass is 32.2. The molecule has 0 heterocycles. The van der Waals surface area contributed by atoms with E-state index in [2.05, 4.69) is 18.8 Å². The molecule has 0 saturated heterocycles. The summed E-state index contributed by atoms with van der Waals surface area (Å²) in [5.41, 5.74) is 0. The van der Waals surface area contributed by atoms with Crippen molar-refractivity contribution in [1.29, 1.82) is 0 Å². The zero-order chi connectivity index (χ0) is 54.5. The molecule has 67 heavy (non-hydrogen) atoms. The van der Waals surface area contributed by atoms with E-state index in [0.29, 0.717) is 0 Å². The fourth-order valence-electron chi connectivity index (χ4n) is 4.00. The number of carbonyl (C=O) groups excluding carboxylic acids is 2. The molecule has 0 rings (SSSR count). The molecule has 1 unspecified atom stereocenters. The van der Waals surface area contributed by atoms with Gasteiger partial charge in [-0.2, -0.15) is 149 Å². The minimum Gasteiger partial charge on any atom is -0.465 e. The molecule has 0 aliphatic heterocycles. The van der Waals surface area contributed by atoms with E-state index >= 15 is 0 Å². The molecule has 1 atom stereocenters. The molecule has 7 nitrogen and oxygen atoms in total. The summed E-state index contributed by atoms with van der Waals surface area (Å²) >= 11 is -0.554. The summed E-state index contributed by atoms with van der Waals surface area (Å²) in [4.78, 5) is 24.1. The van der Waals surface area contributed by atoms with Crippen LogP contribution in [0, 0.1) is 5.92 Å². The molecule has 0 aliphatic carbocycles. The highest BCUT2D eigenvalue weighted by Gasteiger charge is 2.97. The first-order chi connectivity index (χ1) is 28.9. The molecular weight excluding hydrogens is 1090 g/mol. The number of hydrogen-bond acceptors (Lipinski definition) is 8. The maximum Gasteiger partial charge on any atom is 0.460 e. The molecular formula is C25H14F34O7S. The summed E-state index contributed by atoms with van der Waals surface area (Å²) in [7, 11) is 0. The van der Waals surface area contributed by atoms with E-state index < -0.39 is 163 Å². The second-order valence-electron chi connectivity index (χ2n) is 12.5. The zero-order valence-electron chi connectivity index (χ0n) is 30.0. The fraction of sp³-hybridized carbons (Fsp3) is 0.920. The first kappa shape index (κ1) is 63.8. The number of esters is 2. The van der Waals surface area contributed by atoms with Gasteiger partial charge in [0, 0.05) is 17.8 Å². The molecule has 0 fully saturated rings. The van der Waals surface area contributed by atoms with Gasteiger partial charge in [0.15, 0.2) is 0 Å². The van der Waals surface area contributed by atoms with Crippen LogP contribution in [0.1, 0.15) is 19.3 Å². The van der Waals surface area contributed by atoms with Crippen LogP contribution in [0.4, 0.5) is 149 Å². The summed E-state index contributed by atoms with van der Waals surface area (Å²) in [6.07, 6.45) is -25.1. The molecule has 400 valence electrons. The quantitative estimate of drug-likeness (QED) is 0.0241. The third-order valence-electron chi connectivity index (χ3n) is 8.01. The molecule has 0 aromatic carbocycles. The van der Waals surface area contributed by atoms with E-state index in [-0.39, 0.29) is 0 Å². The SMILES string of the molecule is O=C(CC(CSOOO)C(=O)OCCC(F)(F)C(F)(F)C(F)(F)C(F)(F)C(F)(F)C(F)(F)C(F)(F)C(F)(F)F)OCCC(F)(F)C(F)(F)C(F)(F)C(F)(F)C(F)(F)C(F)(F)C(F)(F)C(F)(F)F. The lowest BCUT2D eigenvalue weighted by atomic mass is 9.88. The van der Waals surface area contributed by atoms with E-state index in [1.165, 1.54) is 0 Å². The van der Waals surface area contributed by atoms with Crippen LogP contribution in [0.3, 0.4) is 0 Å². The van der Waals surface area contributed by atoms with E-state index in [9.17, 15) is 159 Å². The Balaban J connectivity index is 6.31. The second kappa shape index (κ2) is 18.8. The topological polar surface area (TPSA) is 91.3 Å². The maximum absolute atomic E-state index is 14.1. The fourth-order valence-corrected chi connectivity index (χ4v) is 4.52. The van der Waals surface area contributed by atoms with Crippen molar-refractivity contribution in [3.05, 3.63) is 0 Å². The highest BCUT2D eigenvalue weighted by Crippen LogP contribution is 2.66. The Morgan fingerprint density at radius 3 is 0.910 bits per heavy atom. The van der Waals surface area contributed by atoms with Crippen molar-refractivity contribution in [2.45, 2.75) is 115 Å². The van der Waals surface area contributed by atoms with Crippen LogP contribution in [0.15, 0.2) is 0 Å². The van der Waals surface area contributed by atoms with Crippen molar-refractivity contribution in [1.82, 2.24) is 0 Å². The van der Waals surface area contributed by atoms with Gasteiger partial charge in [0.05, 0.1) is 38.4 Å². The Bertz CT molecular complexity index is 1710. The Hall–Kier alpha value is -3.21. The summed E-state index contributed by atoms with van der Waals surface area (Å²) in [6, 6.07) is 0. The molecule has 0 aromatic heterocycles. The van der Waals surface area contributed by atoms with Gasteiger partial charge in [-0.1, -0.05) is 5.04 Å². The van der Waals surface area contributed by atoms with Crippen molar-refractivity contribution >= 4 is 24.0 Å². The lowest BCUT2D eigenvalue weighted by Crippen LogP contribution is -2.74. The number of alkyl halides is 34. The Morgan fingerprint density at radius 2 is 0.642 bits per heavy atom. The van der Waals surface area contributed by atoms with Crippen molar-refractivity contribution < 1.29 is 183 Å². The van der Waals surface area contributed by atoms with Gasteiger partial charge >= 0.3 is 107 Å². The molecule has 0 radical (unpaired) electrons. The predicted molar refractivity (Wildman–Crippen MR) is 138 cm³/mol. The van der Waals surface area contributed by atoms with E-state index in [0.717, 1.165) is 0 Å². The zero-order valence-corrected chi connectivity index (χ0v) is 30.8. The standard InChI is InChI=1S/C25H14F34O7S/c26-10(27,12(30,31)14(34,35)16(38,39)18(42,43)20(46,47)22(50,51)24(54,55)56)1-3-63-8(60)5-7(6-67-66-65-62)9(61)64-4-2-11(28,29)13(32,33)15(36,37)17(40,41)19(44,45)21(48,49)23(52,53)25(57,58)59/h7,62H,1-6H2. The van der Waals surface area contributed by atoms with Crippen LogP contribution in [0.2, 0.25) is 0 Å². The van der Waals surface area contributed by atoms with Gasteiger partial charge in [0.25, 0.3) is 0 Å². The van der Waals surface area contributed by atoms with Gasteiger partial charge in [-0.15, -0.1) is 4.33 Å². The molecule has 0 amide bonds. The first-order valence-electron chi connectivity index (χ1n) is 15.3. The van der Waals surface area contributed by atoms with E-state index in [4.69, 9.17) is 5.26 Å². The van der Waals surface area contributed by atoms with Crippen molar-refractivity contribution in [3.63, 3.8) is 0 Å². The Morgan fingerprint density at radius 1 is 0.388 bits per heavy atom. The van der Waals surface area contributed by atoms with Crippen molar-refractivity contribution in [2.75, 3.05) is 19.0 Å². The summed E-state index contributed by atoms with van der Waals surface area (Å²) in [5, 5.41) is 10.9. The Labute approximate surface area is 347 Å². The molecule has 0 aromatic rings. The van der Waals surface area contributed by atoms with Crippen LogP contribution in [-0.2, 0) is 28.4 Å². The predicted octanol–water partition coefficient (Wildman–Crippen LogP) is 11.9. The van der Waals surface area contributed by atoms with Crippen LogP contribution in [-0.4, -0.2) is 131 Å². The highest BCUT2D eigenvalue weighted by molar-refractivity contribution is 7.94. The van der Waals surface area contributed by atoms with E-state index in [1.807, 2.05) is 0 Å². The van der Waals surface area contributed by atoms with Gasteiger partial charge in [-0.05, 0) is 0 Å². The summed E-state index contributed by atoms with van der Waals surface area (Å²) in [5.74, 6) is -129. The van der Waals surface area contributed by atoms with Crippen LogP contribution in [0.5, 0.6) is 0 Å². The monoisotopic (exact) mass is 1100 g/mol. The van der Waals surface area contributed by atoms with Crippen LogP contribution < -0.4 is 0 Å². The lowest BCUT2D eigenvalue weighted by molar-refractivity contribution is -0.461. The largest absolute Gasteiger partial charge is 0.465 e. The number of hydrogen-bond donors (Lipinski definition) is 1. The van der Waals surface area contributed by atoms with Gasteiger partial charge < -0.3 is 9.47 Å². The maximum atomic E-state index is 14.1. The normalized spacial score (nSPS) is 16.3. The smallest absolute Gasteiger partial charge is 0.460 e. The molecule has 1 N–H and O–H groups in total. The van der Waals surface area contributed by atoms with Gasteiger partial charge in [0.2, 0.25) is 0 Å². The minimum atomic E-state index is -9.03. The van der Waals surface area contributed by atoms with Gasteiger partial charge in [0.1, 0.15) is 0 Å². The lowest BCUT2D eigenvalue weighted by Gasteiger charge is -2.42. The molecule has 0 spiro atoms. The number of ether oxygens (including phenoxy) is 2. The van der Waals surface area contributed by atoms with Crippen LogP contribution in [0.25, 0.3) is 0 Å². The molecule has 42 heteroatoms. The minimum absolute atomic E-state index is 0.554. The van der Waals surface area contributed by atoms with Crippen molar-refractivity contribution in [2.24, 2.45) is 5.92 Å². The van der Waals surface area contributed by atoms with Crippen LogP contribution >= 0.6 is 12.0 Å². The van der Waals surface area contributed by atoms with Gasteiger partial charge in [-0.3, -0.25) is 9.59 Å².